The number of aliphatic imine (C=N–C) groups is 1. The molecule has 8 heteroatoms. The van der Waals surface area contributed by atoms with E-state index in [0.29, 0.717) is 24.2 Å². The maximum Gasteiger partial charge on any atom is 0.225 e. The van der Waals surface area contributed by atoms with Crippen molar-refractivity contribution in [2.75, 3.05) is 46.3 Å². The van der Waals surface area contributed by atoms with E-state index in [1.807, 2.05) is 7.05 Å². The fraction of sp³-hybridized carbons (Fsp3) is 0.905. The minimum Gasteiger partial charge on any atom is -0.373 e. The van der Waals surface area contributed by atoms with Crippen LogP contribution in [0.2, 0.25) is 0 Å². The molecule has 0 spiro atoms. The highest BCUT2D eigenvalue weighted by Gasteiger charge is 2.32. The van der Waals surface area contributed by atoms with Gasteiger partial charge in [0.05, 0.1) is 12.2 Å². The molecule has 2 aliphatic heterocycles. The fourth-order valence-corrected chi connectivity index (χ4v) is 4.87. The number of likely N-dealkylation sites (tertiary alicyclic amines) is 1. The molecule has 0 aromatic rings. The van der Waals surface area contributed by atoms with E-state index in [1.54, 1.807) is 0 Å². The first-order chi connectivity index (χ1) is 13.5. The van der Waals surface area contributed by atoms with E-state index in [2.05, 4.69) is 39.3 Å². The van der Waals surface area contributed by atoms with E-state index in [9.17, 15) is 4.79 Å². The highest BCUT2D eigenvalue weighted by atomic mass is 127. The van der Waals surface area contributed by atoms with Gasteiger partial charge in [0.1, 0.15) is 0 Å². The monoisotopic (exact) mass is 521 g/mol. The molecule has 3 unspecified atom stereocenters. The largest absolute Gasteiger partial charge is 0.373 e. The van der Waals surface area contributed by atoms with Gasteiger partial charge in [-0.15, -0.1) is 24.0 Å². The minimum absolute atomic E-state index is 0. The summed E-state index contributed by atoms with van der Waals surface area (Å²) in [5.74, 6) is 1.50. The Balaban J connectivity index is 0.00000300. The standard InChI is InChI=1S/C21H39N5O2.HI/c1-16-13-25(14-17(2)28-16)11-6-10-23-21(22-3)24-19-9-12-26(15-19)20(27)18-7-4-5-8-18;/h16-19H,4-15H2,1-3H3,(H2,22,23,24);1H. The van der Waals surface area contributed by atoms with E-state index in [0.717, 1.165) is 70.9 Å². The van der Waals surface area contributed by atoms with E-state index >= 15 is 0 Å². The Morgan fingerprint density at radius 3 is 2.45 bits per heavy atom. The summed E-state index contributed by atoms with van der Waals surface area (Å²) in [6, 6.07) is 0.303. The summed E-state index contributed by atoms with van der Waals surface area (Å²) in [4.78, 5) is 21.5. The maximum absolute atomic E-state index is 12.6. The van der Waals surface area contributed by atoms with Crippen molar-refractivity contribution in [2.24, 2.45) is 10.9 Å². The third-order valence-corrected chi connectivity index (χ3v) is 6.21. The number of amides is 1. The molecule has 29 heavy (non-hydrogen) atoms. The van der Waals surface area contributed by atoms with E-state index < -0.39 is 0 Å². The second-order valence-electron chi connectivity index (χ2n) is 8.77. The zero-order chi connectivity index (χ0) is 19.9. The Morgan fingerprint density at radius 1 is 1.10 bits per heavy atom. The van der Waals surface area contributed by atoms with E-state index in [4.69, 9.17) is 4.74 Å². The molecule has 7 nitrogen and oxygen atoms in total. The van der Waals surface area contributed by atoms with Gasteiger partial charge in [0.2, 0.25) is 5.91 Å². The lowest BCUT2D eigenvalue weighted by Crippen LogP contribution is -2.47. The van der Waals surface area contributed by atoms with Crippen LogP contribution in [-0.2, 0) is 9.53 Å². The smallest absolute Gasteiger partial charge is 0.225 e. The van der Waals surface area contributed by atoms with Gasteiger partial charge in [-0.2, -0.15) is 0 Å². The summed E-state index contributed by atoms with van der Waals surface area (Å²) < 4.78 is 5.80. The summed E-state index contributed by atoms with van der Waals surface area (Å²) in [5, 5.41) is 6.94. The molecule has 0 aromatic heterocycles. The summed E-state index contributed by atoms with van der Waals surface area (Å²) >= 11 is 0. The number of hydrogen-bond donors (Lipinski definition) is 2. The molecule has 1 amide bonds. The number of hydrogen-bond acceptors (Lipinski definition) is 4. The summed E-state index contributed by atoms with van der Waals surface area (Å²) in [6.07, 6.45) is 7.32. The van der Waals surface area contributed by atoms with Gasteiger partial charge in [0.15, 0.2) is 5.96 Å². The van der Waals surface area contributed by atoms with Crippen LogP contribution in [0.4, 0.5) is 0 Å². The topological polar surface area (TPSA) is 69.2 Å². The number of nitrogens with one attached hydrogen (secondary N) is 2. The zero-order valence-corrected chi connectivity index (χ0v) is 20.7. The van der Waals surface area contributed by atoms with Crippen molar-refractivity contribution in [1.29, 1.82) is 0 Å². The van der Waals surface area contributed by atoms with Gasteiger partial charge in [0, 0.05) is 58.3 Å². The molecule has 3 atom stereocenters. The first kappa shape index (κ1) is 24.7. The van der Waals surface area contributed by atoms with Crippen molar-refractivity contribution in [2.45, 2.75) is 70.6 Å². The Morgan fingerprint density at radius 2 is 1.79 bits per heavy atom. The Bertz CT molecular complexity index is 531. The summed E-state index contributed by atoms with van der Waals surface area (Å²) in [7, 11) is 1.82. The highest BCUT2D eigenvalue weighted by molar-refractivity contribution is 14.0. The molecule has 1 aliphatic carbocycles. The first-order valence-electron chi connectivity index (χ1n) is 11.2. The van der Waals surface area contributed by atoms with Crippen LogP contribution in [0.25, 0.3) is 0 Å². The van der Waals surface area contributed by atoms with Crippen LogP contribution in [-0.4, -0.2) is 86.2 Å². The average molecular weight is 521 g/mol. The van der Waals surface area contributed by atoms with Crippen molar-refractivity contribution in [3.05, 3.63) is 0 Å². The first-order valence-corrected chi connectivity index (χ1v) is 11.2. The predicted octanol–water partition coefficient (Wildman–Crippen LogP) is 2.06. The van der Waals surface area contributed by atoms with Gasteiger partial charge in [0.25, 0.3) is 0 Å². The fourth-order valence-electron chi connectivity index (χ4n) is 4.87. The van der Waals surface area contributed by atoms with Gasteiger partial charge < -0.3 is 20.3 Å². The normalized spacial score (nSPS) is 29.0. The molecule has 1 saturated carbocycles. The van der Waals surface area contributed by atoms with Crippen molar-refractivity contribution in [1.82, 2.24) is 20.4 Å². The molecule has 0 aromatic carbocycles. The molecular formula is C21H40IN5O2. The second kappa shape index (κ2) is 12.3. The lowest BCUT2D eigenvalue weighted by molar-refractivity contribution is -0.134. The number of halogens is 1. The molecule has 3 rings (SSSR count). The van der Waals surface area contributed by atoms with Crippen LogP contribution in [0.3, 0.4) is 0 Å². The second-order valence-corrected chi connectivity index (χ2v) is 8.77. The molecule has 2 heterocycles. The Kier molecular flexibility index (Phi) is 10.5. The molecule has 3 fully saturated rings. The molecule has 0 radical (unpaired) electrons. The van der Waals surface area contributed by atoms with Crippen molar-refractivity contribution < 1.29 is 9.53 Å². The van der Waals surface area contributed by atoms with Gasteiger partial charge in [-0.3, -0.25) is 14.7 Å². The van der Waals surface area contributed by atoms with Crippen molar-refractivity contribution >= 4 is 35.8 Å². The number of carbonyl (C=O) groups excluding carboxylic acids is 1. The van der Waals surface area contributed by atoms with Gasteiger partial charge >= 0.3 is 0 Å². The molecule has 2 saturated heterocycles. The number of morpholine rings is 1. The highest BCUT2D eigenvalue weighted by Crippen LogP contribution is 2.27. The summed E-state index contributed by atoms with van der Waals surface area (Å²) in [5.41, 5.74) is 0. The average Bonchev–Trinajstić information content (AvgIpc) is 3.35. The molecule has 0 bridgehead atoms. The molecule has 3 aliphatic rings. The minimum atomic E-state index is 0. The third kappa shape index (κ3) is 7.54. The maximum atomic E-state index is 12.6. The predicted molar refractivity (Wildman–Crippen MR) is 128 cm³/mol. The van der Waals surface area contributed by atoms with Crippen LogP contribution in [0.1, 0.15) is 52.4 Å². The number of nitrogens with zero attached hydrogens (tertiary/aromatic N) is 3. The molecule has 2 N–H and O–H groups in total. The van der Waals surface area contributed by atoms with Crippen LogP contribution < -0.4 is 10.6 Å². The van der Waals surface area contributed by atoms with E-state index in [1.165, 1.54) is 12.8 Å². The van der Waals surface area contributed by atoms with Crippen LogP contribution in [0, 0.1) is 5.92 Å². The van der Waals surface area contributed by atoms with Crippen LogP contribution in [0.5, 0.6) is 0 Å². The van der Waals surface area contributed by atoms with Crippen molar-refractivity contribution in [3.8, 4) is 0 Å². The van der Waals surface area contributed by atoms with Gasteiger partial charge in [-0.1, -0.05) is 12.8 Å². The molecule has 168 valence electrons. The van der Waals surface area contributed by atoms with Crippen LogP contribution in [0.15, 0.2) is 4.99 Å². The Hall–Kier alpha value is -0.610. The third-order valence-electron chi connectivity index (χ3n) is 6.21. The lowest BCUT2D eigenvalue weighted by atomic mass is 10.1. The molecular weight excluding hydrogens is 481 g/mol. The lowest BCUT2D eigenvalue weighted by Gasteiger charge is -2.35. The number of rotatable bonds is 6. The zero-order valence-electron chi connectivity index (χ0n) is 18.4. The van der Waals surface area contributed by atoms with Gasteiger partial charge in [-0.25, -0.2) is 0 Å². The van der Waals surface area contributed by atoms with Crippen molar-refractivity contribution in [3.63, 3.8) is 0 Å². The van der Waals surface area contributed by atoms with Crippen LogP contribution >= 0.6 is 24.0 Å². The number of ether oxygens (including phenoxy) is 1. The Labute approximate surface area is 193 Å². The SMILES string of the molecule is CN=C(NCCCN1CC(C)OC(C)C1)NC1CCN(C(=O)C2CCCC2)C1.I. The van der Waals surface area contributed by atoms with Gasteiger partial charge in [-0.05, 0) is 39.5 Å². The summed E-state index contributed by atoms with van der Waals surface area (Å²) in [6.45, 7) is 9.99. The number of carbonyl (C=O) groups is 1. The quantitative estimate of drug-likeness (QED) is 0.243. The number of guanidine groups is 1. The van der Waals surface area contributed by atoms with E-state index in [-0.39, 0.29) is 29.9 Å².